The predicted octanol–water partition coefficient (Wildman–Crippen LogP) is 2.74. The first-order valence-corrected chi connectivity index (χ1v) is 7.12. The summed E-state index contributed by atoms with van der Waals surface area (Å²) in [7, 11) is 0. The molecule has 0 aliphatic heterocycles. The van der Waals surface area contributed by atoms with Gasteiger partial charge in [-0.05, 0) is 37.8 Å². The van der Waals surface area contributed by atoms with Crippen LogP contribution in [0.4, 0.5) is 0 Å². The van der Waals surface area contributed by atoms with E-state index in [2.05, 4.69) is 19.2 Å². The third kappa shape index (κ3) is 7.35. The first-order chi connectivity index (χ1) is 9.09. The molecular weight excluding hydrogens is 242 g/mol. The molecule has 0 saturated heterocycles. The molecule has 2 atom stereocenters. The van der Waals surface area contributed by atoms with Gasteiger partial charge in [-0.3, -0.25) is 0 Å². The van der Waals surface area contributed by atoms with E-state index in [0.29, 0.717) is 19.1 Å². The van der Waals surface area contributed by atoms with Crippen molar-refractivity contribution in [2.75, 3.05) is 19.8 Å². The summed E-state index contributed by atoms with van der Waals surface area (Å²) in [5.41, 5.74) is 0. The molecule has 0 aliphatic carbocycles. The van der Waals surface area contributed by atoms with E-state index >= 15 is 0 Å². The molecule has 0 aliphatic rings. The smallest absolute Gasteiger partial charge is 0.120 e. The lowest BCUT2D eigenvalue weighted by atomic mass is 10.1. The molecule has 0 spiro atoms. The lowest BCUT2D eigenvalue weighted by Gasteiger charge is -2.16. The molecule has 4 nitrogen and oxygen atoms in total. The van der Waals surface area contributed by atoms with Crippen molar-refractivity contribution in [2.24, 2.45) is 5.92 Å². The third-order valence-electron chi connectivity index (χ3n) is 3.01. The third-order valence-corrected chi connectivity index (χ3v) is 3.01. The average Bonchev–Trinajstić information content (AvgIpc) is 2.89. The van der Waals surface area contributed by atoms with E-state index in [-0.39, 0.29) is 6.04 Å². The Kier molecular flexibility index (Phi) is 7.79. The van der Waals surface area contributed by atoms with E-state index < -0.39 is 6.10 Å². The van der Waals surface area contributed by atoms with Crippen molar-refractivity contribution >= 4 is 0 Å². The van der Waals surface area contributed by atoms with Crippen LogP contribution in [0.15, 0.2) is 22.8 Å². The molecule has 0 aromatic carbocycles. The van der Waals surface area contributed by atoms with Gasteiger partial charge in [-0.15, -0.1) is 0 Å². The monoisotopic (exact) mass is 269 g/mol. The van der Waals surface area contributed by atoms with Crippen molar-refractivity contribution in [1.29, 1.82) is 0 Å². The van der Waals surface area contributed by atoms with E-state index in [1.165, 1.54) is 6.42 Å². The Labute approximate surface area is 116 Å². The second kappa shape index (κ2) is 9.13. The normalized spacial score (nSPS) is 14.8. The van der Waals surface area contributed by atoms with Crippen LogP contribution < -0.4 is 5.32 Å². The Hall–Kier alpha value is -0.840. The van der Waals surface area contributed by atoms with Crippen molar-refractivity contribution in [3.8, 4) is 0 Å². The number of hydrogen-bond donors (Lipinski definition) is 2. The van der Waals surface area contributed by atoms with Crippen LogP contribution in [0.5, 0.6) is 0 Å². The van der Waals surface area contributed by atoms with Crippen LogP contribution in [0.3, 0.4) is 0 Å². The van der Waals surface area contributed by atoms with Crippen molar-refractivity contribution < 1.29 is 14.3 Å². The highest BCUT2D eigenvalue weighted by Crippen LogP contribution is 2.11. The summed E-state index contributed by atoms with van der Waals surface area (Å²) >= 11 is 0. The molecule has 1 aromatic heterocycles. The van der Waals surface area contributed by atoms with Crippen molar-refractivity contribution in [2.45, 2.75) is 45.8 Å². The number of furan rings is 1. The van der Waals surface area contributed by atoms with E-state index in [9.17, 15) is 5.11 Å². The molecule has 2 N–H and O–H groups in total. The molecule has 1 heterocycles. The minimum atomic E-state index is -0.475. The van der Waals surface area contributed by atoms with Gasteiger partial charge in [0.2, 0.25) is 0 Å². The standard InChI is InChI=1S/C15H27NO3/c1-12(2)6-4-8-18-11-14(17)10-16-13(3)15-7-5-9-19-15/h5,7,9,12-14,16-17H,4,6,8,10-11H2,1-3H3. The SMILES string of the molecule is CC(C)CCCOCC(O)CNC(C)c1ccco1. The molecule has 2 unspecified atom stereocenters. The number of nitrogens with one attached hydrogen (secondary N) is 1. The zero-order valence-electron chi connectivity index (χ0n) is 12.3. The summed E-state index contributed by atoms with van der Waals surface area (Å²) in [5.74, 6) is 1.59. The largest absolute Gasteiger partial charge is 0.468 e. The molecule has 0 saturated carbocycles. The molecule has 0 radical (unpaired) electrons. The number of hydrogen-bond acceptors (Lipinski definition) is 4. The van der Waals surface area contributed by atoms with Crippen LogP contribution >= 0.6 is 0 Å². The maximum Gasteiger partial charge on any atom is 0.120 e. The fourth-order valence-electron chi connectivity index (χ4n) is 1.82. The minimum Gasteiger partial charge on any atom is -0.468 e. The molecule has 4 heteroatoms. The summed E-state index contributed by atoms with van der Waals surface area (Å²) in [5, 5.41) is 13.0. The summed E-state index contributed by atoms with van der Waals surface area (Å²) < 4.78 is 10.7. The molecule has 0 amide bonds. The highest BCUT2D eigenvalue weighted by Gasteiger charge is 2.10. The Morgan fingerprint density at radius 2 is 2.16 bits per heavy atom. The van der Waals surface area contributed by atoms with E-state index in [4.69, 9.17) is 9.15 Å². The summed E-state index contributed by atoms with van der Waals surface area (Å²) in [6.07, 6.45) is 3.41. The lowest BCUT2D eigenvalue weighted by Crippen LogP contribution is -2.32. The topological polar surface area (TPSA) is 54.6 Å². The fraction of sp³-hybridized carbons (Fsp3) is 0.733. The minimum absolute atomic E-state index is 0.102. The maximum absolute atomic E-state index is 9.79. The van der Waals surface area contributed by atoms with E-state index in [1.807, 2.05) is 19.1 Å². The molecule has 19 heavy (non-hydrogen) atoms. The van der Waals surface area contributed by atoms with Gasteiger partial charge in [-0.2, -0.15) is 0 Å². The second-order valence-electron chi connectivity index (χ2n) is 5.41. The molecule has 1 rings (SSSR count). The Morgan fingerprint density at radius 1 is 1.37 bits per heavy atom. The number of ether oxygens (including phenoxy) is 1. The fourth-order valence-corrected chi connectivity index (χ4v) is 1.82. The van der Waals surface area contributed by atoms with Crippen LogP contribution in [0.25, 0.3) is 0 Å². The Morgan fingerprint density at radius 3 is 2.79 bits per heavy atom. The highest BCUT2D eigenvalue weighted by atomic mass is 16.5. The van der Waals surface area contributed by atoms with Gasteiger partial charge >= 0.3 is 0 Å². The summed E-state index contributed by atoms with van der Waals surface area (Å²) in [6.45, 7) is 8.03. The van der Waals surface area contributed by atoms with Gasteiger partial charge in [-0.1, -0.05) is 13.8 Å². The predicted molar refractivity (Wildman–Crippen MR) is 76.0 cm³/mol. The lowest BCUT2D eigenvalue weighted by molar-refractivity contribution is 0.0334. The second-order valence-corrected chi connectivity index (χ2v) is 5.41. The van der Waals surface area contributed by atoms with Crippen molar-refractivity contribution in [1.82, 2.24) is 5.32 Å². The summed E-state index contributed by atoms with van der Waals surface area (Å²) in [4.78, 5) is 0. The highest BCUT2D eigenvalue weighted by molar-refractivity contribution is 5.02. The Bertz CT molecular complexity index is 311. The van der Waals surface area contributed by atoms with Crippen LogP contribution in [-0.4, -0.2) is 31.0 Å². The van der Waals surface area contributed by atoms with Gasteiger partial charge in [0.05, 0.1) is 25.0 Å². The molecule has 0 fully saturated rings. The number of aliphatic hydroxyl groups is 1. The molecule has 0 bridgehead atoms. The maximum atomic E-state index is 9.79. The van der Waals surface area contributed by atoms with E-state index in [1.54, 1.807) is 6.26 Å². The van der Waals surface area contributed by atoms with Gasteiger partial charge < -0.3 is 19.6 Å². The number of rotatable bonds is 10. The summed E-state index contributed by atoms with van der Waals surface area (Å²) in [6, 6.07) is 3.89. The zero-order valence-corrected chi connectivity index (χ0v) is 12.3. The van der Waals surface area contributed by atoms with Gasteiger partial charge in [-0.25, -0.2) is 0 Å². The van der Waals surface area contributed by atoms with Gasteiger partial charge in [0.25, 0.3) is 0 Å². The first-order valence-electron chi connectivity index (χ1n) is 7.12. The molecular formula is C15H27NO3. The Balaban J connectivity index is 2.03. The van der Waals surface area contributed by atoms with Gasteiger partial charge in [0, 0.05) is 13.2 Å². The molecule has 1 aromatic rings. The van der Waals surface area contributed by atoms with E-state index in [0.717, 1.165) is 18.8 Å². The van der Waals surface area contributed by atoms with Crippen molar-refractivity contribution in [3.05, 3.63) is 24.2 Å². The van der Waals surface area contributed by atoms with Crippen LogP contribution in [0, 0.1) is 5.92 Å². The average molecular weight is 269 g/mol. The molecule has 110 valence electrons. The zero-order chi connectivity index (χ0) is 14.1. The quantitative estimate of drug-likeness (QED) is 0.641. The van der Waals surface area contributed by atoms with Crippen LogP contribution in [-0.2, 0) is 4.74 Å². The first kappa shape index (κ1) is 16.2. The number of aliphatic hydroxyl groups excluding tert-OH is 1. The van der Waals surface area contributed by atoms with Gasteiger partial charge in [0.1, 0.15) is 5.76 Å². The van der Waals surface area contributed by atoms with Crippen molar-refractivity contribution in [3.63, 3.8) is 0 Å². The van der Waals surface area contributed by atoms with Gasteiger partial charge in [0.15, 0.2) is 0 Å². The van der Waals surface area contributed by atoms with Crippen LogP contribution in [0.2, 0.25) is 0 Å². The van der Waals surface area contributed by atoms with Crippen LogP contribution in [0.1, 0.15) is 45.4 Å².